The van der Waals surface area contributed by atoms with Crippen molar-refractivity contribution in [1.82, 2.24) is 19.7 Å². The topological polar surface area (TPSA) is 64.6 Å². The second kappa shape index (κ2) is 6.75. The summed E-state index contributed by atoms with van der Waals surface area (Å²) in [5.41, 5.74) is 2.00. The molecule has 0 aliphatic heterocycles. The van der Waals surface area contributed by atoms with E-state index in [1.54, 1.807) is 19.6 Å². The number of imidazole rings is 1. The molecule has 0 bridgehead atoms. The van der Waals surface area contributed by atoms with E-state index in [9.17, 15) is 0 Å². The van der Waals surface area contributed by atoms with Crippen LogP contribution >= 0.6 is 11.8 Å². The van der Waals surface area contributed by atoms with Crippen LogP contribution < -0.4 is 5.32 Å². The molecule has 3 heterocycles. The van der Waals surface area contributed by atoms with Gasteiger partial charge in [-0.2, -0.15) is 0 Å². The zero-order valence-corrected chi connectivity index (χ0v) is 12.5. The molecule has 3 rings (SSSR count). The van der Waals surface area contributed by atoms with Gasteiger partial charge >= 0.3 is 0 Å². The first-order valence-electron chi connectivity index (χ1n) is 6.61. The van der Waals surface area contributed by atoms with Gasteiger partial charge in [-0.1, -0.05) is 6.07 Å². The van der Waals surface area contributed by atoms with E-state index in [1.165, 1.54) is 11.8 Å². The normalized spacial score (nSPS) is 11.3. The van der Waals surface area contributed by atoms with Crippen LogP contribution in [0.25, 0.3) is 5.65 Å². The van der Waals surface area contributed by atoms with E-state index in [4.69, 9.17) is 9.15 Å². The van der Waals surface area contributed by atoms with Crippen LogP contribution in [0.4, 0.5) is 0 Å². The Balaban J connectivity index is 1.86. The number of rotatable bonds is 7. The van der Waals surface area contributed by atoms with Crippen LogP contribution in [0, 0.1) is 0 Å². The van der Waals surface area contributed by atoms with Crippen LogP contribution in [0.15, 0.2) is 51.5 Å². The van der Waals surface area contributed by atoms with Gasteiger partial charge in [0.25, 0.3) is 5.22 Å². The fourth-order valence-electron chi connectivity index (χ4n) is 1.99. The van der Waals surface area contributed by atoms with Gasteiger partial charge in [-0.3, -0.25) is 0 Å². The highest BCUT2D eigenvalue weighted by molar-refractivity contribution is 7.99. The molecule has 6 nitrogen and oxygen atoms in total. The highest BCUT2D eigenvalue weighted by atomic mass is 32.2. The maximum Gasteiger partial charge on any atom is 0.262 e. The van der Waals surface area contributed by atoms with E-state index < -0.39 is 0 Å². The van der Waals surface area contributed by atoms with E-state index >= 15 is 0 Å². The van der Waals surface area contributed by atoms with Gasteiger partial charge in [0.05, 0.1) is 18.5 Å². The summed E-state index contributed by atoms with van der Waals surface area (Å²) in [6, 6.07) is 5.95. The van der Waals surface area contributed by atoms with Crippen LogP contribution in [0.2, 0.25) is 0 Å². The summed E-state index contributed by atoms with van der Waals surface area (Å²) in [6.07, 6.45) is 5.21. The molecule has 0 radical (unpaired) electrons. The molecule has 0 saturated carbocycles. The Morgan fingerprint density at radius 3 is 3.19 bits per heavy atom. The Labute approximate surface area is 126 Å². The van der Waals surface area contributed by atoms with E-state index in [0.29, 0.717) is 18.4 Å². The standard InChI is InChI=1S/C14H16N4O2S/c1-19-8-5-15-10-11-13(21-14-16-6-9-20-14)17-12-4-2-3-7-18(11)12/h2-4,6-7,9,15H,5,8,10H2,1H3. The first kappa shape index (κ1) is 14.1. The van der Waals surface area contributed by atoms with Crippen LogP contribution in [0.1, 0.15) is 5.69 Å². The van der Waals surface area contributed by atoms with Crippen LogP contribution in [0.3, 0.4) is 0 Å². The summed E-state index contributed by atoms with van der Waals surface area (Å²) >= 11 is 1.43. The third-order valence-electron chi connectivity index (χ3n) is 2.96. The van der Waals surface area contributed by atoms with Crippen molar-refractivity contribution in [2.75, 3.05) is 20.3 Å². The number of pyridine rings is 1. The summed E-state index contributed by atoms with van der Waals surface area (Å²) in [7, 11) is 1.69. The number of aromatic nitrogens is 3. The molecule has 0 amide bonds. The van der Waals surface area contributed by atoms with E-state index in [2.05, 4.69) is 19.7 Å². The lowest BCUT2D eigenvalue weighted by molar-refractivity contribution is 0.199. The summed E-state index contributed by atoms with van der Waals surface area (Å²) in [5, 5.41) is 4.84. The van der Waals surface area contributed by atoms with Crippen molar-refractivity contribution in [2.24, 2.45) is 0 Å². The zero-order valence-electron chi connectivity index (χ0n) is 11.7. The molecule has 0 aliphatic carbocycles. The lowest BCUT2D eigenvalue weighted by atomic mass is 10.4. The summed E-state index contributed by atoms with van der Waals surface area (Å²) < 4.78 is 12.4. The summed E-state index contributed by atoms with van der Waals surface area (Å²) in [6.45, 7) is 2.18. The molecule has 7 heteroatoms. The fourth-order valence-corrected chi connectivity index (χ4v) is 2.80. The van der Waals surface area contributed by atoms with Crippen LogP contribution in [-0.4, -0.2) is 34.6 Å². The molecule has 0 aromatic carbocycles. The average molecular weight is 304 g/mol. The fraction of sp³-hybridized carbons (Fsp3) is 0.286. The predicted molar refractivity (Wildman–Crippen MR) is 79.4 cm³/mol. The Morgan fingerprint density at radius 1 is 1.43 bits per heavy atom. The van der Waals surface area contributed by atoms with Crippen molar-refractivity contribution in [3.05, 3.63) is 42.5 Å². The smallest absolute Gasteiger partial charge is 0.262 e. The van der Waals surface area contributed by atoms with Crippen molar-refractivity contribution in [3.63, 3.8) is 0 Å². The molecule has 1 N–H and O–H groups in total. The van der Waals surface area contributed by atoms with E-state index in [0.717, 1.165) is 22.9 Å². The van der Waals surface area contributed by atoms with Crippen molar-refractivity contribution >= 4 is 17.4 Å². The van der Waals surface area contributed by atoms with Gasteiger partial charge < -0.3 is 18.9 Å². The van der Waals surface area contributed by atoms with Gasteiger partial charge in [-0.25, -0.2) is 9.97 Å². The first-order valence-corrected chi connectivity index (χ1v) is 7.43. The van der Waals surface area contributed by atoms with Gasteiger partial charge in [0.15, 0.2) is 0 Å². The SMILES string of the molecule is COCCNCc1c(Sc2ncco2)nc2ccccn12. The Bertz CT molecular complexity index is 696. The lowest BCUT2D eigenvalue weighted by Gasteiger charge is -2.05. The minimum atomic E-state index is 0.594. The highest BCUT2D eigenvalue weighted by Crippen LogP contribution is 2.29. The van der Waals surface area contributed by atoms with Gasteiger partial charge in [-0.05, 0) is 23.9 Å². The van der Waals surface area contributed by atoms with Crippen molar-refractivity contribution in [2.45, 2.75) is 16.8 Å². The number of hydrogen-bond donors (Lipinski definition) is 1. The molecule has 3 aromatic heterocycles. The molecule has 0 spiro atoms. The van der Waals surface area contributed by atoms with Gasteiger partial charge in [-0.15, -0.1) is 0 Å². The van der Waals surface area contributed by atoms with Crippen molar-refractivity contribution < 1.29 is 9.15 Å². The lowest BCUT2D eigenvalue weighted by Crippen LogP contribution is -2.19. The largest absolute Gasteiger partial charge is 0.440 e. The first-order chi connectivity index (χ1) is 10.4. The minimum absolute atomic E-state index is 0.594. The summed E-state index contributed by atoms with van der Waals surface area (Å²) in [5.74, 6) is 0. The minimum Gasteiger partial charge on any atom is -0.440 e. The molecule has 21 heavy (non-hydrogen) atoms. The molecule has 0 aliphatic rings. The predicted octanol–water partition coefficient (Wildman–Crippen LogP) is 2.21. The summed E-state index contributed by atoms with van der Waals surface area (Å²) in [4.78, 5) is 8.78. The van der Waals surface area contributed by atoms with Crippen molar-refractivity contribution in [1.29, 1.82) is 0 Å². The Hall–Kier alpha value is -1.83. The number of fused-ring (bicyclic) bond motifs is 1. The molecule has 0 saturated heterocycles. The monoisotopic (exact) mass is 304 g/mol. The third-order valence-corrected chi connectivity index (χ3v) is 3.86. The van der Waals surface area contributed by atoms with E-state index in [1.807, 2.05) is 24.4 Å². The zero-order chi connectivity index (χ0) is 14.5. The van der Waals surface area contributed by atoms with Crippen molar-refractivity contribution in [3.8, 4) is 0 Å². The molecular weight excluding hydrogens is 288 g/mol. The number of ether oxygens (including phenoxy) is 1. The van der Waals surface area contributed by atoms with E-state index in [-0.39, 0.29) is 0 Å². The Kier molecular flexibility index (Phi) is 4.54. The number of methoxy groups -OCH3 is 1. The number of nitrogens with one attached hydrogen (secondary N) is 1. The second-order valence-corrected chi connectivity index (χ2v) is 5.30. The molecule has 0 unspecified atom stereocenters. The van der Waals surface area contributed by atoms with Gasteiger partial charge in [0, 0.05) is 26.4 Å². The number of nitrogens with zero attached hydrogens (tertiary/aromatic N) is 3. The maximum absolute atomic E-state index is 5.29. The van der Waals surface area contributed by atoms with Crippen LogP contribution in [0.5, 0.6) is 0 Å². The average Bonchev–Trinajstić information content (AvgIpc) is 3.12. The molecule has 110 valence electrons. The molecule has 0 atom stereocenters. The Morgan fingerprint density at radius 2 is 2.38 bits per heavy atom. The number of oxazole rings is 1. The molecule has 0 fully saturated rings. The molecule has 3 aromatic rings. The maximum atomic E-state index is 5.29. The third kappa shape index (κ3) is 3.26. The quantitative estimate of drug-likeness (QED) is 0.675. The number of hydrogen-bond acceptors (Lipinski definition) is 6. The highest BCUT2D eigenvalue weighted by Gasteiger charge is 2.14. The molecular formula is C14H16N4O2S. The van der Waals surface area contributed by atoms with Gasteiger partial charge in [0.2, 0.25) is 0 Å². The van der Waals surface area contributed by atoms with Crippen LogP contribution in [-0.2, 0) is 11.3 Å². The second-order valence-electron chi connectivity index (χ2n) is 4.36. The van der Waals surface area contributed by atoms with Gasteiger partial charge in [0.1, 0.15) is 16.9 Å².